The molecule has 7 heteroatoms. The molecule has 0 saturated heterocycles. The van der Waals surface area contributed by atoms with E-state index in [1.807, 2.05) is 13.0 Å². The van der Waals surface area contributed by atoms with Gasteiger partial charge in [0.1, 0.15) is 0 Å². The summed E-state index contributed by atoms with van der Waals surface area (Å²) in [5.74, 6) is -1.08. The van der Waals surface area contributed by atoms with Crippen LogP contribution >= 0.6 is 0 Å². The van der Waals surface area contributed by atoms with Gasteiger partial charge in [-0.05, 0) is 38.5 Å². The maximum atomic E-state index is 12.2. The summed E-state index contributed by atoms with van der Waals surface area (Å²) >= 11 is 0. The highest BCUT2D eigenvalue weighted by Crippen LogP contribution is 2.28. The van der Waals surface area contributed by atoms with Gasteiger partial charge in [-0.2, -0.15) is 0 Å². The Morgan fingerprint density at radius 2 is 1.85 bits per heavy atom. The smallest absolute Gasteiger partial charge is 0.338 e. The van der Waals surface area contributed by atoms with E-state index < -0.39 is 17.5 Å². The fraction of sp³-hybridized carbons (Fsp3) is 0.263. The highest BCUT2D eigenvalue weighted by atomic mass is 16.6. The number of nitro benzene ring substituents is 1. The number of carbonyl (C=O) groups excluding carboxylic acids is 2. The monoisotopic (exact) mass is 357 g/mol. The Labute approximate surface area is 150 Å². The van der Waals surface area contributed by atoms with Crippen molar-refractivity contribution in [2.45, 2.75) is 20.8 Å². The molecular weight excluding hydrogens is 338 g/mol. The first-order valence-electron chi connectivity index (χ1n) is 8.02. The number of rotatable bonds is 7. The molecule has 0 radical (unpaired) electrons. The van der Waals surface area contributed by atoms with E-state index in [0.717, 1.165) is 17.2 Å². The van der Waals surface area contributed by atoms with Gasteiger partial charge < -0.3 is 9.47 Å². The molecule has 0 aromatic heterocycles. The predicted octanol–water partition coefficient (Wildman–Crippen LogP) is 3.65. The number of hydrogen-bond acceptors (Lipinski definition) is 6. The number of ketones is 1. The molecular formula is C19H19NO6. The normalized spacial score (nSPS) is 10.3. The molecule has 2 aromatic rings. The van der Waals surface area contributed by atoms with E-state index in [-0.39, 0.29) is 29.4 Å². The third-order valence-electron chi connectivity index (χ3n) is 3.71. The number of ether oxygens (including phenoxy) is 2. The van der Waals surface area contributed by atoms with Crippen LogP contribution in [-0.2, 0) is 4.74 Å². The number of hydrogen-bond donors (Lipinski definition) is 0. The van der Waals surface area contributed by atoms with Crippen molar-refractivity contribution >= 4 is 17.4 Å². The zero-order valence-corrected chi connectivity index (χ0v) is 14.8. The molecule has 136 valence electrons. The number of esters is 1. The van der Waals surface area contributed by atoms with Crippen molar-refractivity contribution in [2.24, 2.45) is 0 Å². The SMILES string of the molecule is CCOc1ccc(C(=O)OCC(=O)c2ccc(C)cc2C)cc1[N+](=O)[O-]. The quantitative estimate of drug-likeness (QED) is 0.325. The van der Waals surface area contributed by atoms with E-state index in [1.165, 1.54) is 12.1 Å². The first-order chi connectivity index (χ1) is 12.3. The van der Waals surface area contributed by atoms with Crippen LogP contribution in [0.15, 0.2) is 36.4 Å². The third-order valence-corrected chi connectivity index (χ3v) is 3.71. The van der Waals surface area contributed by atoms with Crippen molar-refractivity contribution in [1.29, 1.82) is 0 Å². The summed E-state index contributed by atoms with van der Waals surface area (Å²) < 4.78 is 10.2. The van der Waals surface area contributed by atoms with Crippen LogP contribution in [0.2, 0.25) is 0 Å². The van der Waals surface area contributed by atoms with Crippen LogP contribution in [0.4, 0.5) is 5.69 Å². The second kappa shape index (κ2) is 8.24. The number of nitrogens with zero attached hydrogens (tertiary/aromatic N) is 1. The van der Waals surface area contributed by atoms with Gasteiger partial charge in [0, 0.05) is 11.6 Å². The van der Waals surface area contributed by atoms with Gasteiger partial charge in [0.2, 0.25) is 5.78 Å². The number of carbonyl (C=O) groups is 2. The van der Waals surface area contributed by atoms with Gasteiger partial charge >= 0.3 is 11.7 Å². The van der Waals surface area contributed by atoms with E-state index in [2.05, 4.69) is 0 Å². The van der Waals surface area contributed by atoms with E-state index in [1.54, 1.807) is 26.0 Å². The zero-order valence-electron chi connectivity index (χ0n) is 14.8. The van der Waals surface area contributed by atoms with Crippen molar-refractivity contribution in [3.8, 4) is 5.75 Å². The Balaban J connectivity index is 2.11. The standard InChI is InChI=1S/C19H19NO6/c1-4-25-18-8-6-14(10-16(18)20(23)24)19(22)26-11-17(21)15-7-5-12(2)9-13(15)3/h5-10H,4,11H2,1-3H3. The molecule has 0 atom stereocenters. The minimum absolute atomic E-state index is 0.0198. The van der Waals surface area contributed by atoms with E-state index in [9.17, 15) is 19.7 Å². The molecule has 2 aromatic carbocycles. The lowest BCUT2D eigenvalue weighted by atomic mass is 10.0. The van der Waals surface area contributed by atoms with Crippen molar-refractivity contribution < 1.29 is 24.0 Å². The summed E-state index contributed by atoms with van der Waals surface area (Å²) in [5.41, 5.74) is 1.94. The molecule has 0 bridgehead atoms. The first kappa shape index (κ1) is 19.1. The lowest BCUT2D eigenvalue weighted by Gasteiger charge is -2.08. The Morgan fingerprint density at radius 3 is 2.46 bits per heavy atom. The fourth-order valence-corrected chi connectivity index (χ4v) is 2.48. The Bertz CT molecular complexity index is 859. The Hall–Kier alpha value is -3.22. The minimum Gasteiger partial charge on any atom is -0.487 e. The summed E-state index contributed by atoms with van der Waals surface area (Å²) in [7, 11) is 0. The van der Waals surface area contributed by atoms with Crippen LogP contribution in [-0.4, -0.2) is 29.9 Å². The van der Waals surface area contributed by atoms with Crippen molar-refractivity contribution in [3.05, 3.63) is 68.8 Å². The average molecular weight is 357 g/mol. The second-order valence-electron chi connectivity index (χ2n) is 5.69. The highest BCUT2D eigenvalue weighted by Gasteiger charge is 2.20. The first-order valence-corrected chi connectivity index (χ1v) is 8.02. The molecule has 0 aliphatic heterocycles. The fourth-order valence-electron chi connectivity index (χ4n) is 2.48. The maximum Gasteiger partial charge on any atom is 0.338 e. The topological polar surface area (TPSA) is 95.7 Å². The highest BCUT2D eigenvalue weighted by molar-refractivity contribution is 6.00. The molecule has 26 heavy (non-hydrogen) atoms. The van der Waals surface area contributed by atoms with Crippen LogP contribution in [0.1, 0.15) is 38.8 Å². The lowest BCUT2D eigenvalue weighted by molar-refractivity contribution is -0.385. The van der Waals surface area contributed by atoms with Gasteiger partial charge in [0.15, 0.2) is 12.4 Å². The Morgan fingerprint density at radius 1 is 1.12 bits per heavy atom. The van der Waals surface area contributed by atoms with Crippen LogP contribution < -0.4 is 4.74 Å². The van der Waals surface area contributed by atoms with Crippen molar-refractivity contribution in [3.63, 3.8) is 0 Å². The van der Waals surface area contributed by atoms with E-state index >= 15 is 0 Å². The van der Waals surface area contributed by atoms with Crippen molar-refractivity contribution in [1.82, 2.24) is 0 Å². The van der Waals surface area contributed by atoms with E-state index in [0.29, 0.717) is 5.56 Å². The molecule has 0 heterocycles. The molecule has 0 spiro atoms. The summed E-state index contributed by atoms with van der Waals surface area (Å²) in [6, 6.07) is 9.13. The lowest BCUT2D eigenvalue weighted by Crippen LogP contribution is -2.15. The predicted molar refractivity (Wildman–Crippen MR) is 94.8 cm³/mol. The summed E-state index contributed by atoms with van der Waals surface area (Å²) in [5, 5.41) is 11.1. The van der Waals surface area contributed by atoms with Gasteiger partial charge in [-0.25, -0.2) is 4.79 Å². The summed E-state index contributed by atoms with van der Waals surface area (Å²) in [6.45, 7) is 5.24. The summed E-state index contributed by atoms with van der Waals surface area (Å²) in [4.78, 5) is 34.8. The molecule has 0 fully saturated rings. The summed E-state index contributed by atoms with van der Waals surface area (Å²) in [6.07, 6.45) is 0. The third kappa shape index (κ3) is 4.44. The van der Waals surface area contributed by atoms with Crippen LogP contribution in [0.5, 0.6) is 5.75 Å². The molecule has 0 saturated carbocycles. The minimum atomic E-state index is -0.811. The largest absolute Gasteiger partial charge is 0.487 e. The number of benzene rings is 2. The molecule has 7 nitrogen and oxygen atoms in total. The van der Waals surface area contributed by atoms with Gasteiger partial charge in [-0.1, -0.05) is 23.8 Å². The van der Waals surface area contributed by atoms with Gasteiger partial charge in [0.05, 0.1) is 17.1 Å². The van der Waals surface area contributed by atoms with Gasteiger partial charge in [-0.3, -0.25) is 14.9 Å². The molecule has 2 rings (SSSR count). The number of nitro groups is 1. The van der Waals surface area contributed by atoms with Gasteiger partial charge in [-0.15, -0.1) is 0 Å². The van der Waals surface area contributed by atoms with Crippen molar-refractivity contribution in [2.75, 3.05) is 13.2 Å². The molecule has 0 aliphatic rings. The maximum absolute atomic E-state index is 12.2. The molecule has 0 unspecified atom stereocenters. The van der Waals surface area contributed by atoms with Crippen LogP contribution in [0, 0.1) is 24.0 Å². The molecule has 0 amide bonds. The van der Waals surface area contributed by atoms with Crippen LogP contribution in [0.3, 0.4) is 0 Å². The van der Waals surface area contributed by atoms with Gasteiger partial charge in [0.25, 0.3) is 0 Å². The average Bonchev–Trinajstić information content (AvgIpc) is 2.59. The number of aryl methyl sites for hydroxylation is 2. The Kier molecular flexibility index (Phi) is 6.06. The number of Topliss-reactive ketones (excluding diaryl/α,β-unsaturated/α-hetero) is 1. The molecule has 0 N–H and O–H groups in total. The zero-order chi connectivity index (χ0) is 19.3. The van der Waals surface area contributed by atoms with E-state index in [4.69, 9.17) is 9.47 Å². The second-order valence-corrected chi connectivity index (χ2v) is 5.69. The van der Waals surface area contributed by atoms with Crippen LogP contribution in [0.25, 0.3) is 0 Å². The molecule has 0 aliphatic carbocycles.